The van der Waals surface area contributed by atoms with Crippen LogP contribution in [0.15, 0.2) is 48.0 Å². The van der Waals surface area contributed by atoms with Crippen LogP contribution in [0, 0.1) is 0 Å². The zero-order chi connectivity index (χ0) is 18.6. The molecule has 3 rings (SSSR count). The van der Waals surface area contributed by atoms with E-state index in [4.69, 9.17) is 0 Å². The lowest BCUT2D eigenvalue weighted by molar-refractivity contribution is 0.388. The molecule has 1 aromatic heterocycles. The van der Waals surface area contributed by atoms with Gasteiger partial charge < -0.3 is 9.80 Å². The maximum atomic E-state index is 12.5. The Bertz CT molecular complexity index is 860. The standard InChI is InChI=1S/C18H23N5O2S/c1-21(2)17-14-18(20-19-15-17)22-9-11-23(12-10-22)26(24,25)13-8-16-6-4-3-5-7-16/h3-8,13-15H,9-12H2,1-2H3/b13-8+. The first-order valence-corrected chi connectivity index (χ1v) is 9.94. The van der Waals surface area contributed by atoms with E-state index in [1.165, 1.54) is 9.71 Å². The van der Waals surface area contributed by atoms with Gasteiger partial charge in [0, 0.05) is 51.7 Å². The van der Waals surface area contributed by atoms with Crippen LogP contribution in [0.4, 0.5) is 11.5 Å². The molecular formula is C18H23N5O2S. The molecule has 7 nitrogen and oxygen atoms in total. The number of aromatic nitrogens is 2. The van der Waals surface area contributed by atoms with E-state index >= 15 is 0 Å². The molecule has 0 spiro atoms. The fraction of sp³-hybridized carbons (Fsp3) is 0.333. The maximum Gasteiger partial charge on any atom is 0.236 e. The van der Waals surface area contributed by atoms with Crippen LogP contribution < -0.4 is 9.80 Å². The second kappa shape index (κ2) is 7.84. The van der Waals surface area contributed by atoms with Gasteiger partial charge >= 0.3 is 0 Å². The Morgan fingerprint density at radius 2 is 1.77 bits per heavy atom. The molecule has 2 aromatic rings. The summed E-state index contributed by atoms with van der Waals surface area (Å²) in [7, 11) is 0.471. The average molecular weight is 373 g/mol. The van der Waals surface area contributed by atoms with Crippen molar-refractivity contribution in [2.45, 2.75) is 0 Å². The number of rotatable bonds is 5. The number of hydrogen-bond donors (Lipinski definition) is 0. The third kappa shape index (κ3) is 4.39. The SMILES string of the molecule is CN(C)c1cnnc(N2CCN(S(=O)(=O)/C=C/c3ccccc3)CC2)c1. The molecule has 0 amide bonds. The minimum Gasteiger partial charge on any atom is -0.376 e. The molecule has 0 N–H and O–H groups in total. The second-order valence-corrected chi connectivity index (χ2v) is 8.13. The highest BCUT2D eigenvalue weighted by Crippen LogP contribution is 2.19. The smallest absolute Gasteiger partial charge is 0.236 e. The zero-order valence-corrected chi connectivity index (χ0v) is 15.8. The first kappa shape index (κ1) is 18.3. The molecule has 26 heavy (non-hydrogen) atoms. The van der Waals surface area contributed by atoms with E-state index in [-0.39, 0.29) is 0 Å². The molecule has 0 saturated carbocycles. The Labute approximate surface area is 154 Å². The predicted octanol–water partition coefficient (Wildman–Crippen LogP) is 1.67. The Kier molecular flexibility index (Phi) is 5.53. The van der Waals surface area contributed by atoms with Crippen LogP contribution in [0.1, 0.15) is 5.56 Å². The van der Waals surface area contributed by atoms with E-state index in [0.29, 0.717) is 26.2 Å². The normalized spacial score (nSPS) is 16.2. The number of sulfonamides is 1. The molecule has 1 saturated heterocycles. The number of nitrogens with zero attached hydrogens (tertiary/aromatic N) is 5. The van der Waals surface area contributed by atoms with Crippen molar-refractivity contribution in [2.24, 2.45) is 0 Å². The first-order valence-electron chi connectivity index (χ1n) is 8.44. The van der Waals surface area contributed by atoms with Crippen LogP contribution in [0.3, 0.4) is 0 Å². The van der Waals surface area contributed by atoms with E-state index in [1.54, 1.807) is 12.3 Å². The van der Waals surface area contributed by atoms with Gasteiger partial charge in [0.1, 0.15) is 0 Å². The minimum atomic E-state index is -3.43. The molecule has 1 aromatic carbocycles. The summed E-state index contributed by atoms with van der Waals surface area (Å²) in [6.45, 7) is 2.03. The monoisotopic (exact) mass is 373 g/mol. The van der Waals surface area contributed by atoms with Gasteiger partial charge in [-0.05, 0) is 11.6 Å². The fourth-order valence-corrected chi connectivity index (χ4v) is 3.90. The number of anilines is 2. The quantitative estimate of drug-likeness (QED) is 0.794. The van der Waals surface area contributed by atoms with Crippen LogP contribution in [0.25, 0.3) is 6.08 Å². The molecule has 8 heteroatoms. The number of piperazine rings is 1. The summed E-state index contributed by atoms with van der Waals surface area (Å²) in [6.07, 6.45) is 3.34. The highest BCUT2D eigenvalue weighted by atomic mass is 32.2. The topological polar surface area (TPSA) is 69.6 Å². The van der Waals surface area contributed by atoms with Gasteiger partial charge in [0.2, 0.25) is 10.0 Å². The van der Waals surface area contributed by atoms with Crippen LogP contribution in [0.5, 0.6) is 0 Å². The summed E-state index contributed by atoms with van der Waals surface area (Å²) in [5.41, 5.74) is 1.83. The summed E-state index contributed by atoms with van der Waals surface area (Å²) in [6, 6.07) is 11.4. The molecule has 2 heterocycles. The highest BCUT2D eigenvalue weighted by Gasteiger charge is 2.26. The van der Waals surface area contributed by atoms with Crippen molar-refractivity contribution >= 4 is 27.6 Å². The van der Waals surface area contributed by atoms with Gasteiger partial charge in [0.05, 0.1) is 11.9 Å². The van der Waals surface area contributed by atoms with Crippen molar-refractivity contribution in [2.75, 3.05) is 50.1 Å². The lowest BCUT2D eigenvalue weighted by atomic mass is 10.2. The van der Waals surface area contributed by atoms with Gasteiger partial charge in [-0.1, -0.05) is 30.3 Å². The maximum absolute atomic E-state index is 12.5. The minimum absolute atomic E-state index is 0.426. The van der Waals surface area contributed by atoms with Gasteiger partial charge in [-0.2, -0.15) is 9.40 Å². The van der Waals surface area contributed by atoms with Crippen molar-refractivity contribution in [3.8, 4) is 0 Å². The molecule has 138 valence electrons. The first-order chi connectivity index (χ1) is 12.5. The van der Waals surface area contributed by atoms with Gasteiger partial charge in [0.25, 0.3) is 0 Å². The molecule has 0 aliphatic carbocycles. The van der Waals surface area contributed by atoms with E-state index < -0.39 is 10.0 Å². The van der Waals surface area contributed by atoms with Gasteiger partial charge in [-0.3, -0.25) is 0 Å². The summed E-state index contributed by atoms with van der Waals surface area (Å²) in [4.78, 5) is 4.03. The van der Waals surface area contributed by atoms with Crippen LogP contribution in [-0.4, -0.2) is 63.2 Å². The van der Waals surface area contributed by atoms with E-state index in [9.17, 15) is 8.42 Å². The Hall–Kier alpha value is -2.45. The molecule has 0 unspecified atom stereocenters. The van der Waals surface area contributed by atoms with Crippen molar-refractivity contribution in [3.63, 3.8) is 0 Å². The van der Waals surface area contributed by atoms with Crippen LogP contribution in [-0.2, 0) is 10.0 Å². The zero-order valence-electron chi connectivity index (χ0n) is 15.0. The van der Waals surface area contributed by atoms with E-state index in [0.717, 1.165) is 17.1 Å². The van der Waals surface area contributed by atoms with Gasteiger partial charge in [-0.25, -0.2) is 8.42 Å². The Morgan fingerprint density at radius 3 is 2.42 bits per heavy atom. The highest BCUT2D eigenvalue weighted by molar-refractivity contribution is 7.92. The fourth-order valence-electron chi connectivity index (χ4n) is 2.73. The predicted molar refractivity (Wildman–Crippen MR) is 105 cm³/mol. The average Bonchev–Trinajstić information content (AvgIpc) is 2.67. The molecular weight excluding hydrogens is 350 g/mol. The summed E-state index contributed by atoms with van der Waals surface area (Å²) >= 11 is 0. The van der Waals surface area contributed by atoms with E-state index in [2.05, 4.69) is 15.1 Å². The second-order valence-electron chi connectivity index (χ2n) is 6.31. The lowest BCUT2D eigenvalue weighted by Gasteiger charge is -2.34. The van der Waals surface area contributed by atoms with Crippen LogP contribution >= 0.6 is 0 Å². The van der Waals surface area contributed by atoms with Crippen LogP contribution in [0.2, 0.25) is 0 Å². The molecule has 0 bridgehead atoms. The van der Waals surface area contributed by atoms with Crippen molar-refractivity contribution in [1.82, 2.24) is 14.5 Å². The number of hydrogen-bond acceptors (Lipinski definition) is 6. The van der Waals surface area contributed by atoms with Crippen molar-refractivity contribution in [3.05, 3.63) is 53.6 Å². The molecule has 0 atom stereocenters. The summed E-state index contributed by atoms with van der Waals surface area (Å²) in [5, 5.41) is 9.49. The third-order valence-electron chi connectivity index (χ3n) is 4.30. The molecule has 1 fully saturated rings. The van der Waals surface area contributed by atoms with Gasteiger partial charge in [0.15, 0.2) is 5.82 Å². The number of benzene rings is 1. The third-order valence-corrected chi connectivity index (χ3v) is 5.86. The molecule has 1 aliphatic rings. The van der Waals surface area contributed by atoms with Gasteiger partial charge in [-0.15, -0.1) is 5.10 Å². The molecule has 0 radical (unpaired) electrons. The lowest BCUT2D eigenvalue weighted by Crippen LogP contribution is -2.48. The Morgan fingerprint density at radius 1 is 1.08 bits per heavy atom. The van der Waals surface area contributed by atoms with E-state index in [1.807, 2.05) is 55.4 Å². The van der Waals surface area contributed by atoms with Crippen molar-refractivity contribution in [1.29, 1.82) is 0 Å². The Balaban J connectivity index is 1.64. The largest absolute Gasteiger partial charge is 0.376 e. The summed E-state index contributed by atoms with van der Waals surface area (Å²) in [5.74, 6) is 0.771. The summed E-state index contributed by atoms with van der Waals surface area (Å²) < 4.78 is 26.6. The molecule has 1 aliphatic heterocycles. The van der Waals surface area contributed by atoms with Crippen molar-refractivity contribution < 1.29 is 8.42 Å².